The number of nitrogens with zero attached hydrogens (tertiary/aromatic N) is 5. The summed E-state index contributed by atoms with van der Waals surface area (Å²) >= 11 is 2.16. The molecule has 4 aliphatic heterocycles. The number of benzene rings is 1. The molecule has 0 N–H and O–H groups in total. The molecule has 11 nitrogen and oxygen atoms in total. The maximum atomic E-state index is 17.2. The molecule has 0 spiro atoms. The van der Waals surface area contributed by atoms with E-state index in [-0.39, 0.29) is 41.2 Å². The standard InChI is InChI=1S/C39H49FIN5O6/c1-21(26-15-10-16-44(26)8)50-35-29(41)33(25-19-42-30(28(40)31(25)43-35)24-14-9-12-22-13-11-17-49-34(22)24)46(37(48)52-39(5,6)7)32-23-18-27(32)45(20-23)36(47)51-38(2,3)4/h9,12,14,19,21,23,26-27,32H,10-11,13,15-18,20H2,1-8H3/t21-,23+,26-,27+,32-/m0/s1. The summed E-state index contributed by atoms with van der Waals surface area (Å²) in [6, 6.07) is 5.07. The van der Waals surface area contributed by atoms with Gasteiger partial charge in [-0.15, -0.1) is 0 Å². The molecule has 8 rings (SSSR count). The SMILES string of the molecule is C[C@H](Oc1nc2c(F)c(-c3cccc4c3OCCC4)ncc2c(N(C(=O)OC(C)(C)C)[C@H]2[C@@H]3C[C@H]2N(C(=O)OC(C)(C)C)C3)c1I)[C@@H]1CCCN1C. The first-order valence-electron chi connectivity index (χ1n) is 18.3. The molecule has 2 aromatic heterocycles. The Balaban J connectivity index is 1.40. The molecular formula is C39H49FIN5O6. The Morgan fingerprint density at radius 2 is 1.87 bits per heavy atom. The molecule has 52 heavy (non-hydrogen) atoms. The number of ether oxygens (including phenoxy) is 4. The van der Waals surface area contributed by atoms with Crippen LogP contribution < -0.4 is 14.4 Å². The van der Waals surface area contributed by atoms with Gasteiger partial charge in [0.05, 0.1) is 27.9 Å². The van der Waals surface area contributed by atoms with Crippen molar-refractivity contribution in [3.63, 3.8) is 0 Å². The van der Waals surface area contributed by atoms with Gasteiger partial charge in [0.1, 0.15) is 34.3 Å². The lowest BCUT2D eigenvalue weighted by molar-refractivity contribution is 0.0216. The second-order valence-corrected chi connectivity index (χ2v) is 17.6. The summed E-state index contributed by atoms with van der Waals surface area (Å²) in [6.45, 7) is 14.9. The quantitative estimate of drug-likeness (QED) is 0.229. The monoisotopic (exact) mass is 829 g/mol. The van der Waals surface area contributed by atoms with E-state index in [1.165, 1.54) is 0 Å². The van der Waals surface area contributed by atoms with Gasteiger partial charge in [0.15, 0.2) is 5.82 Å². The normalized spacial score (nSPS) is 23.5. The highest BCUT2D eigenvalue weighted by atomic mass is 127. The molecule has 4 fully saturated rings. The van der Waals surface area contributed by atoms with Crippen molar-refractivity contribution < 1.29 is 32.9 Å². The highest BCUT2D eigenvalue weighted by Crippen LogP contribution is 2.50. The number of hydrogen-bond acceptors (Lipinski definition) is 9. The van der Waals surface area contributed by atoms with Crippen LogP contribution in [-0.2, 0) is 15.9 Å². The zero-order valence-corrected chi connectivity index (χ0v) is 33.5. The molecule has 280 valence electrons. The Bertz CT molecular complexity index is 1900. The first kappa shape index (κ1) is 36.9. The van der Waals surface area contributed by atoms with Gasteiger partial charge in [0.25, 0.3) is 0 Å². The number of amides is 2. The minimum absolute atomic E-state index is 0.0278. The van der Waals surface area contributed by atoms with E-state index in [9.17, 15) is 9.59 Å². The number of carbonyl (C=O) groups excluding carboxylic acids is 2. The Morgan fingerprint density at radius 1 is 1.12 bits per heavy atom. The second-order valence-electron chi connectivity index (χ2n) is 16.6. The number of likely N-dealkylation sites (N-methyl/N-ethyl adjacent to an activating group) is 1. The third-order valence-corrected chi connectivity index (χ3v) is 11.4. The van der Waals surface area contributed by atoms with Crippen molar-refractivity contribution in [3.8, 4) is 22.9 Å². The van der Waals surface area contributed by atoms with E-state index in [1.807, 2.05) is 66.7 Å². The van der Waals surface area contributed by atoms with Gasteiger partial charge in [-0.05, 0) is 128 Å². The van der Waals surface area contributed by atoms with E-state index >= 15 is 4.39 Å². The number of pyridine rings is 2. The molecule has 3 saturated heterocycles. The van der Waals surface area contributed by atoms with Crippen LogP contribution in [0, 0.1) is 15.3 Å². The van der Waals surface area contributed by atoms with Crippen molar-refractivity contribution in [1.82, 2.24) is 19.8 Å². The number of rotatable bonds is 6. The molecule has 1 aromatic carbocycles. The van der Waals surface area contributed by atoms with Crippen LogP contribution in [0.4, 0.5) is 19.7 Å². The lowest BCUT2D eigenvalue weighted by atomic mass is 9.78. The molecule has 2 bridgehead atoms. The average molecular weight is 830 g/mol. The molecule has 6 heterocycles. The highest BCUT2D eigenvalue weighted by molar-refractivity contribution is 14.1. The fourth-order valence-corrected chi connectivity index (χ4v) is 8.96. The number of carbonyl (C=O) groups is 2. The molecule has 0 unspecified atom stereocenters. The molecule has 13 heteroatoms. The summed E-state index contributed by atoms with van der Waals surface area (Å²) in [5.41, 5.74) is 0.589. The molecule has 3 aromatic rings. The van der Waals surface area contributed by atoms with Crippen LogP contribution >= 0.6 is 22.6 Å². The van der Waals surface area contributed by atoms with Gasteiger partial charge in [-0.3, -0.25) is 14.8 Å². The van der Waals surface area contributed by atoms with Gasteiger partial charge in [-0.1, -0.05) is 12.1 Å². The lowest BCUT2D eigenvalue weighted by Crippen LogP contribution is -2.59. The van der Waals surface area contributed by atoms with Crippen molar-refractivity contribution in [2.75, 3.05) is 31.6 Å². The molecule has 5 atom stereocenters. The Kier molecular flexibility index (Phi) is 9.75. The fourth-order valence-electron chi connectivity index (χ4n) is 8.17. The van der Waals surface area contributed by atoms with E-state index in [2.05, 4.69) is 34.5 Å². The number of hydrogen-bond donors (Lipinski definition) is 0. The summed E-state index contributed by atoms with van der Waals surface area (Å²) in [6.07, 6.45) is 4.73. The molecular weight excluding hydrogens is 780 g/mol. The van der Waals surface area contributed by atoms with E-state index in [0.29, 0.717) is 45.5 Å². The molecule has 5 aliphatic rings. The van der Waals surface area contributed by atoms with Gasteiger partial charge in [-0.2, -0.15) is 0 Å². The van der Waals surface area contributed by atoms with Crippen molar-refractivity contribution in [2.24, 2.45) is 5.92 Å². The van der Waals surface area contributed by atoms with Crippen LogP contribution in [0.25, 0.3) is 22.2 Å². The third-order valence-electron chi connectivity index (χ3n) is 10.5. The maximum Gasteiger partial charge on any atom is 0.415 e. The van der Waals surface area contributed by atoms with Crippen LogP contribution in [0.1, 0.15) is 79.7 Å². The summed E-state index contributed by atoms with van der Waals surface area (Å²) in [4.78, 5) is 43.0. The Hall–Kier alpha value is -3.46. The summed E-state index contributed by atoms with van der Waals surface area (Å²) < 4.78 is 42.3. The van der Waals surface area contributed by atoms with Crippen molar-refractivity contribution in [3.05, 3.63) is 39.3 Å². The number of para-hydroxylation sites is 1. The van der Waals surface area contributed by atoms with E-state index in [0.717, 1.165) is 37.8 Å². The number of anilines is 1. The molecule has 1 saturated carbocycles. The van der Waals surface area contributed by atoms with Gasteiger partial charge in [0, 0.05) is 35.7 Å². The fraction of sp³-hybridized carbons (Fsp3) is 0.590. The lowest BCUT2D eigenvalue weighted by Gasteiger charge is -2.44. The average Bonchev–Trinajstić information content (AvgIpc) is 3.79. The summed E-state index contributed by atoms with van der Waals surface area (Å²) in [5.74, 6) is 0.166. The first-order valence-corrected chi connectivity index (χ1v) is 19.4. The summed E-state index contributed by atoms with van der Waals surface area (Å²) in [5, 5.41) is 0.343. The Labute approximate surface area is 318 Å². The predicted molar refractivity (Wildman–Crippen MR) is 205 cm³/mol. The maximum absolute atomic E-state index is 17.2. The van der Waals surface area contributed by atoms with E-state index in [4.69, 9.17) is 28.9 Å². The van der Waals surface area contributed by atoms with E-state index < -0.39 is 35.2 Å². The van der Waals surface area contributed by atoms with Crippen LogP contribution in [0.2, 0.25) is 0 Å². The largest absolute Gasteiger partial charge is 0.493 e. The highest BCUT2D eigenvalue weighted by Gasteiger charge is 2.59. The topological polar surface area (TPSA) is 107 Å². The first-order chi connectivity index (χ1) is 24.5. The van der Waals surface area contributed by atoms with Gasteiger partial charge < -0.3 is 23.8 Å². The number of fused-ring (bicyclic) bond motifs is 3. The molecule has 0 radical (unpaired) electrons. The van der Waals surface area contributed by atoms with Crippen LogP contribution in [0.15, 0.2) is 24.4 Å². The van der Waals surface area contributed by atoms with Crippen molar-refractivity contribution >= 4 is 51.4 Å². The van der Waals surface area contributed by atoms with Gasteiger partial charge >= 0.3 is 12.2 Å². The van der Waals surface area contributed by atoms with Crippen LogP contribution in [-0.4, -0.2) is 94.1 Å². The van der Waals surface area contributed by atoms with Crippen LogP contribution in [0.5, 0.6) is 11.6 Å². The molecule has 1 aliphatic carbocycles. The zero-order valence-electron chi connectivity index (χ0n) is 31.3. The van der Waals surface area contributed by atoms with Crippen molar-refractivity contribution in [2.45, 2.75) is 116 Å². The van der Waals surface area contributed by atoms with Gasteiger partial charge in [0.2, 0.25) is 5.88 Å². The van der Waals surface area contributed by atoms with Crippen molar-refractivity contribution in [1.29, 1.82) is 0 Å². The third kappa shape index (κ3) is 6.87. The summed E-state index contributed by atoms with van der Waals surface area (Å²) in [7, 11) is 2.08. The van der Waals surface area contributed by atoms with Crippen LogP contribution in [0.3, 0.4) is 0 Å². The number of aryl methyl sites for hydroxylation is 1. The minimum atomic E-state index is -0.832. The minimum Gasteiger partial charge on any atom is -0.493 e. The Morgan fingerprint density at radius 3 is 2.56 bits per heavy atom. The van der Waals surface area contributed by atoms with E-state index in [1.54, 1.807) is 16.0 Å². The predicted octanol–water partition coefficient (Wildman–Crippen LogP) is 7.98. The number of aromatic nitrogens is 2. The number of likely N-dealkylation sites (tertiary alicyclic amines) is 1. The van der Waals surface area contributed by atoms with Gasteiger partial charge in [-0.25, -0.2) is 19.0 Å². The number of halogens is 2. The second kappa shape index (κ2) is 13.7. The zero-order chi connectivity index (χ0) is 37.3. The molecule has 2 amide bonds. The smallest absolute Gasteiger partial charge is 0.415 e.